The van der Waals surface area contributed by atoms with Crippen LogP contribution in [0.2, 0.25) is 0 Å². The SMILES string of the molecule is O=C(C1CCCCC1)N1CCN(CC(O)Cn2c(-c3ccccc3)noc2=O)CC1. The van der Waals surface area contributed by atoms with Crippen molar-refractivity contribution in [3.63, 3.8) is 0 Å². The molecule has 8 nitrogen and oxygen atoms in total. The van der Waals surface area contributed by atoms with Crippen molar-refractivity contribution in [2.24, 2.45) is 5.92 Å². The van der Waals surface area contributed by atoms with Crippen LogP contribution in [0.25, 0.3) is 11.4 Å². The molecule has 0 bridgehead atoms. The van der Waals surface area contributed by atoms with Crippen LogP contribution in [-0.2, 0) is 11.3 Å². The van der Waals surface area contributed by atoms with Crippen LogP contribution in [-0.4, -0.2) is 69.4 Å². The second-order valence-corrected chi connectivity index (χ2v) is 8.36. The van der Waals surface area contributed by atoms with Crippen molar-refractivity contribution in [3.05, 3.63) is 40.9 Å². The summed E-state index contributed by atoms with van der Waals surface area (Å²) in [5.41, 5.74) is 0.769. The number of carbonyl (C=O) groups is 1. The van der Waals surface area contributed by atoms with Gasteiger partial charge in [0.2, 0.25) is 5.91 Å². The van der Waals surface area contributed by atoms with Crippen molar-refractivity contribution in [3.8, 4) is 11.4 Å². The molecule has 1 unspecified atom stereocenters. The van der Waals surface area contributed by atoms with Gasteiger partial charge in [-0.1, -0.05) is 54.8 Å². The van der Waals surface area contributed by atoms with Gasteiger partial charge in [0.05, 0.1) is 12.6 Å². The maximum absolute atomic E-state index is 12.7. The first-order valence-electron chi connectivity index (χ1n) is 10.9. The lowest BCUT2D eigenvalue weighted by atomic mass is 9.88. The molecule has 1 aromatic heterocycles. The van der Waals surface area contributed by atoms with E-state index in [4.69, 9.17) is 4.52 Å². The predicted molar refractivity (Wildman–Crippen MR) is 112 cm³/mol. The van der Waals surface area contributed by atoms with Gasteiger partial charge in [-0.15, -0.1) is 0 Å². The van der Waals surface area contributed by atoms with Crippen LogP contribution >= 0.6 is 0 Å². The van der Waals surface area contributed by atoms with E-state index in [2.05, 4.69) is 10.1 Å². The third-order valence-electron chi connectivity index (χ3n) is 6.22. The molecule has 1 aromatic carbocycles. The summed E-state index contributed by atoms with van der Waals surface area (Å²) in [5, 5.41) is 14.5. The molecule has 1 saturated heterocycles. The highest BCUT2D eigenvalue weighted by atomic mass is 16.5. The summed E-state index contributed by atoms with van der Waals surface area (Å²) < 4.78 is 6.21. The monoisotopic (exact) mass is 414 g/mol. The predicted octanol–water partition coefficient (Wildman–Crippen LogP) is 1.59. The summed E-state index contributed by atoms with van der Waals surface area (Å²) in [6.07, 6.45) is 4.89. The first-order chi connectivity index (χ1) is 14.6. The third kappa shape index (κ3) is 4.82. The van der Waals surface area contributed by atoms with Crippen LogP contribution in [0.4, 0.5) is 0 Å². The van der Waals surface area contributed by atoms with E-state index in [1.165, 1.54) is 11.0 Å². The fraction of sp³-hybridized carbons (Fsp3) is 0.591. The Morgan fingerprint density at radius 1 is 1.07 bits per heavy atom. The molecular weight excluding hydrogens is 384 g/mol. The van der Waals surface area contributed by atoms with Crippen LogP contribution < -0.4 is 5.76 Å². The second-order valence-electron chi connectivity index (χ2n) is 8.36. The lowest BCUT2D eigenvalue weighted by Gasteiger charge is -2.37. The molecule has 8 heteroatoms. The molecule has 2 aromatic rings. The van der Waals surface area contributed by atoms with Crippen molar-refractivity contribution >= 4 is 5.91 Å². The highest BCUT2D eigenvalue weighted by Gasteiger charge is 2.29. The lowest BCUT2D eigenvalue weighted by Crippen LogP contribution is -2.52. The number of amides is 1. The highest BCUT2D eigenvalue weighted by molar-refractivity contribution is 5.79. The van der Waals surface area contributed by atoms with Crippen molar-refractivity contribution < 1.29 is 14.4 Å². The molecule has 30 heavy (non-hydrogen) atoms. The molecule has 1 N–H and O–H groups in total. The number of hydrogen-bond acceptors (Lipinski definition) is 6. The standard InChI is InChI=1S/C22H30N4O4/c27-19(16-26-20(23-30-22(26)29)17-7-3-1-4-8-17)15-24-11-13-25(14-12-24)21(28)18-9-5-2-6-10-18/h1,3-4,7-8,18-19,27H,2,5-6,9-16H2. The minimum absolute atomic E-state index is 0.119. The Morgan fingerprint density at radius 2 is 1.77 bits per heavy atom. The number of nitrogens with zero attached hydrogens (tertiary/aromatic N) is 4. The molecule has 162 valence electrons. The zero-order chi connectivity index (χ0) is 20.9. The zero-order valence-electron chi connectivity index (χ0n) is 17.3. The molecule has 2 heterocycles. The maximum atomic E-state index is 12.7. The van der Waals surface area contributed by atoms with Gasteiger partial charge in [-0.25, -0.2) is 4.79 Å². The summed E-state index contributed by atoms with van der Waals surface area (Å²) >= 11 is 0. The highest BCUT2D eigenvalue weighted by Crippen LogP contribution is 2.26. The van der Waals surface area contributed by atoms with E-state index in [1.54, 1.807) is 0 Å². The van der Waals surface area contributed by atoms with Crippen molar-refractivity contribution in [1.82, 2.24) is 19.5 Å². The Labute approximate surface area is 176 Å². The minimum Gasteiger partial charge on any atom is -0.390 e. The molecule has 1 amide bonds. The van der Waals surface area contributed by atoms with Crippen LogP contribution in [0.5, 0.6) is 0 Å². The number of aliphatic hydroxyl groups excluding tert-OH is 1. The number of carbonyl (C=O) groups excluding carboxylic acids is 1. The van der Waals surface area contributed by atoms with Gasteiger partial charge in [0.1, 0.15) is 0 Å². The Morgan fingerprint density at radius 3 is 2.47 bits per heavy atom. The first-order valence-corrected chi connectivity index (χ1v) is 10.9. The molecule has 1 aliphatic carbocycles. The van der Waals surface area contributed by atoms with Gasteiger partial charge in [0.15, 0.2) is 5.82 Å². The average molecular weight is 415 g/mol. The minimum atomic E-state index is -0.731. The van der Waals surface area contributed by atoms with Gasteiger partial charge >= 0.3 is 5.76 Å². The van der Waals surface area contributed by atoms with E-state index in [0.717, 1.165) is 44.3 Å². The summed E-state index contributed by atoms with van der Waals surface area (Å²) in [7, 11) is 0. The Hall–Kier alpha value is -2.45. The van der Waals surface area contributed by atoms with E-state index in [9.17, 15) is 14.7 Å². The Kier molecular flexibility index (Phi) is 6.64. The van der Waals surface area contributed by atoms with E-state index in [-0.39, 0.29) is 12.5 Å². The van der Waals surface area contributed by atoms with E-state index in [1.807, 2.05) is 35.2 Å². The number of benzene rings is 1. The van der Waals surface area contributed by atoms with Gasteiger partial charge in [-0.2, -0.15) is 0 Å². The van der Waals surface area contributed by atoms with Crippen LogP contribution in [0.15, 0.2) is 39.6 Å². The lowest BCUT2D eigenvalue weighted by molar-refractivity contribution is -0.138. The quantitative estimate of drug-likeness (QED) is 0.772. The van der Waals surface area contributed by atoms with E-state index < -0.39 is 11.9 Å². The maximum Gasteiger partial charge on any atom is 0.441 e. The third-order valence-corrected chi connectivity index (χ3v) is 6.22. The zero-order valence-corrected chi connectivity index (χ0v) is 17.3. The average Bonchev–Trinajstić information content (AvgIpc) is 3.15. The van der Waals surface area contributed by atoms with Crippen molar-refractivity contribution in [1.29, 1.82) is 0 Å². The molecular formula is C22H30N4O4. The molecule has 4 rings (SSSR count). The van der Waals surface area contributed by atoms with Gasteiger partial charge in [-0.05, 0) is 12.8 Å². The Balaban J connectivity index is 1.30. The number of rotatable bonds is 6. The van der Waals surface area contributed by atoms with E-state index >= 15 is 0 Å². The van der Waals surface area contributed by atoms with Crippen molar-refractivity contribution in [2.75, 3.05) is 32.7 Å². The number of hydrogen-bond donors (Lipinski definition) is 1. The summed E-state index contributed by atoms with van der Waals surface area (Å²) in [4.78, 5) is 28.9. The molecule has 0 radical (unpaired) electrons. The number of aliphatic hydroxyl groups is 1. The van der Waals surface area contributed by atoms with E-state index in [0.29, 0.717) is 31.4 Å². The second kappa shape index (κ2) is 9.57. The van der Waals surface area contributed by atoms with Gasteiger partial charge in [0, 0.05) is 44.2 Å². The van der Waals surface area contributed by atoms with Crippen LogP contribution in [0.3, 0.4) is 0 Å². The molecule has 1 aliphatic heterocycles. The normalized spacial score (nSPS) is 19.7. The summed E-state index contributed by atoms with van der Waals surface area (Å²) in [6, 6.07) is 9.32. The topological polar surface area (TPSA) is 91.8 Å². The summed E-state index contributed by atoms with van der Waals surface area (Å²) in [6.45, 7) is 3.43. The smallest absolute Gasteiger partial charge is 0.390 e. The molecule has 0 spiro atoms. The van der Waals surface area contributed by atoms with Crippen LogP contribution in [0, 0.1) is 5.92 Å². The van der Waals surface area contributed by atoms with Gasteiger partial charge in [0.25, 0.3) is 0 Å². The Bertz CT molecular complexity index is 880. The number of piperazine rings is 1. The number of β-amino-alcohol motifs (C(OH)–C–C–N with tert-alkyl or cyclic N) is 1. The number of aromatic nitrogens is 2. The van der Waals surface area contributed by atoms with Crippen molar-refractivity contribution in [2.45, 2.75) is 44.8 Å². The summed E-state index contributed by atoms with van der Waals surface area (Å²) in [5.74, 6) is 0.351. The fourth-order valence-electron chi connectivity index (χ4n) is 4.55. The molecule has 2 fully saturated rings. The van der Waals surface area contributed by atoms with Crippen LogP contribution in [0.1, 0.15) is 32.1 Å². The fourth-order valence-corrected chi connectivity index (χ4v) is 4.55. The molecule has 1 saturated carbocycles. The largest absolute Gasteiger partial charge is 0.441 e. The molecule has 2 aliphatic rings. The van der Waals surface area contributed by atoms with Gasteiger partial charge < -0.3 is 10.0 Å². The first kappa shape index (κ1) is 20.8. The molecule has 1 atom stereocenters. The van der Waals surface area contributed by atoms with Gasteiger partial charge in [-0.3, -0.25) is 18.8 Å².